The number of benzene rings is 2. The molecule has 2 aromatic carbocycles. The highest BCUT2D eigenvalue weighted by Crippen LogP contribution is 2.36. The van der Waals surface area contributed by atoms with Gasteiger partial charge in [0.1, 0.15) is 0 Å². The lowest BCUT2D eigenvalue weighted by Gasteiger charge is -2.15. The van der Waals surface area contributed by atoms with Gasteiger partial charge in [-0.05, 0) is 42.5 Å². The van der Waals surface area contributed by atoms with E-state index in [9.17, 15) is 21.6 Å². The number of rotatable bonds is 4. The predicted octanol–water partition coefficient (Wildman–Crippen LogP) is 4.31. The third-order valence-corrected chi connectivity index (χ3v) is 5.41. The van der Waals surface area contributed by atoms with Crippen molar-refractivity contribution in [1.82, 2.24) is 9.78 Å². The van der Waals surface area contributed by atoms with Crippen molar-refractivity contribution in [3.63, 3.8) is 0 Å². The van der Waals surface area contributed by atoms with E-state index in [1.54, 1.807) is 0 Å². The van der Waals surface area contributed by atoms with Crippen molar-refractivity contribution in [2.24, 2.45) is 4.99 Å². The van der Waals surface area contributed by atoms with Crippen LogP contribution in [0.25, 0.3) is 5.69 Å². The first-order valence-electron chi connectivity index (χ1n) is 8.71. The third kappa shape index (κ3) is 5.37. The van der Waals surface area contributed by atoms with E-state index < -0.39 is 27.4 Å². The Morgan fingerprint density at radius 2 is 1.88 bits per heavy atom. The molecule has 1 heterocycles. The normalized spacial score (nSPS) is 12.3. The second-order valence-electron chi connectivity index (χ2n) is 6.40. The molecule has 166 valence electrons. The van der Waals surface area contributed by atoms with E-state index >= 15 is 0 Å². The van der Waals surface area contributed by atoms with Gasteiger partial charge >= 0.3 is 6.18 Å². The molecule has 1 aromatic heterocycles. The van der Waals surface area contributed by atoms with Crippen LogP contribution in [0.5, 0.6) is 0 Å². The fraction of sp³-hybridized carbons (Fsp3) is 0.105. The molecule has 0 aliphatic rings. The number of anilines is 2. The molecule has 0 saturated heterocycles. The van der Waals surface area contributed by atoms with Crippen LogP contribution < -0.4 is 10.6 Å². The Labute approximate surface area is 185 Å². The second-order valence-corrected chi connectivity index (χ2v) is 8.86. The molecule has 0 aliphatic carbocycles. The van der Waals surface area contributed by atoms with Gasteiger partial charge in [0.15, 0.2) is 15.5 Å². The fourth-order valence-electron chi connectivity index (χ4n) is 2.70. The summed E-state index contributed by atoms with van der Waals surface area (Å²) in [4.78, 5) is 3.43. The number of aromatic nitrogens is 2. The summed E-state index contributed by atoms with van der Waals surface area (Å²) in [6, 6.07) is 11.1. The fourth-order valence-corrected chi connectivity index (χ4v) is 3.49. The van der Waals surface area contributed by atoms with Crippen LogP contribution in [0.3, 0.4) is 0 Å². The minimum absolute atomic E-state index is 0.0228. The number of nitriles is 1. The minimum Gasteiger partial charge on any atom is -0.325 e. The number of aliphatic imine (C=N–C) groups is 1. The molecule has 13 heteroatoms. The first kappa shape index (κ1) is 23.1. The van der Waals surface area contributed by atoms with Crippen molar-refractivity contribution >= 4 is 38.8 Å². The van der Waals surface area contributed by atoms with Crippen LogP contribution >= 0.6 is 11.6 Å². The molecule has 0 saturated carbocycles. The first-order chi connectivity index (χ1) is 15.0. The van der Waals surface area contributed by atoms with E-state index in [0.717, 1.165) is 12.5 Å². The molecule has 0 atom stereocenters. The summed E-state index contributed by atoms with van der Waals surface area (Å²) in [5.74, 6) is -0.362. The molecule has 0 bridgehead atoms. The van der Waals surface area contributed by atoms with E-state index in [1.165, 1.54) is 54.7 Å². The Balaban J connectivity index is 1.98. The van der Waals surface area contributed by atoms with E-state index in [2.05, 4.69) is 20.7 Å². The van der Waals surface area contributed by atoms with Crippen molar-refractivity contribution in [2.45, 2.75) is 11.1 Å². The van der Waals surface area contributed by atoms with Crippen molar-refractivity contribution < 1.29 is 21.6 Å². The molecule has 0 fully saturated rings. The summed E-state index contributed by atoms with van der Waals surface area (Å²) < 4.78 is 65.6. The monoisotopic (exact) mass is 482 g/mol. The van der Waals surface area contributed by atoms with Gasteiger partial charge in [-0.1, -0.05) is 17.7 Å². The molecule has 3 rings (SSSR count). The SMILES string of the molecule is CS(=O)(=O)c1cccc(N/C(=N\C#N)Nc2cnn(-c3ccc(Cl)cc3)c2C(F)(F)F)c1. The van der Waals surface area contributed by atoms with E-state index in [-0.39, 0.29) is 22.2 Å². The van der Waals surface area contributed by atoms with Crippen molar-refractivity contribution in [3.05, 3.63) is 65.4 Å². The summed E-state index contributed by atoms with van der Waals surface area (Å²) in [6.07, 6.45) is -1.40. The van der Waals surface area contributed by atoms with Gasteiger partial charge in [-0.3, -0.25) is 0 Å². The largest absolute Gasteiger partial charge is 0.435 e. The second kappa shape index (κ2) is 8.89. The van der Waals surface area contributed by atoms with E-state index in [0.29, 0.717) is 9.70 Å². The minimum atomic E-state index is -4.81. The number of guanidine groups is 1. The molecule has 0 amide bonds. The van der Waals surface area contributed by atoms with Gasteiger partial charge in [-0.25, -0.2) is 13.1 Å². The van der Waals surface area contributed by atoms with Gasteiger partial charge in [0, 0.05) is 17.0 Å². The Bertz CT molecular complexity index is 1310. The lowest BCUT2D eigenvalue weighted by atomic mass is 10.3. The number of alkyl halides is 3. The van der Waals surface area contributed by atoms with Gasteiger partial charge in [0.2, 0.25) is 12.2 Å². The molecular weight excluding hydrogens is 469 g/mol. The highest BCUT2D eigenvalue weighted by molar-refractivity contribution is 7.90. The van der Waals surface area contributed by atoms with Crippen LogP contribution in [-0.4, -0.2) is 30.4 Å². The quantitative estimate of drug-likeness (QED) is 0.325. The molecule has 2 N–H and O–H groups in total. The average molecular weight is 483 g/mol. The lowest BCUT2D eigenvalue weighted by molar-refractivity contribution is -0.142. The van der Waals surface area contributed by atoms with E-state index in [4.69, 9.17) is 16.9 Å². The van der Waals surface area contributed by atoms with Crippen LogP contribution in [0.15, 0.2) is 64.6 Å². The van der Waals surface area contributed by atoms with Crippen molar-refractivity contribution in [1.29, 1.82) is 5.26 Å². The summed E-state index contributed by atoms with van der Waals surface area (Å²) in [7, 11) is -3.53. The zero-order valence-electron chi connectivity index (χ0n) is 16.2. The molecule has 32 heavy (non-hydrogen) atoms. The average Bonchev–Trinajstić information content (AvgIpc) is 3.12. The molecule has 0 aliphatic heterocycles. The van der Waals surface area contributed by atoms with Crippen LogP contribution in [0.2, 0.25) is 5.02 Å². The zero-order chi connectivity index (χ0) is 23.5. The molecule has 0 unspecified atom stereocenters. The molecule has 3 aromatic rings. The summed E-state index contributed by atoms with van der Waals surface area (Å²) >= 11 is 5.80. The van der Waals surface area contributed by atoms with Gasteiger partial charge in [0.05, 0.1) is 22.5 Å². The smallest absolute Gasteiger partial charge is 0.325 e. The van der Waals surface area contributed by atoms with Crippen LogP contribution in [-0.2, 0) is 16.0 Å². The van der Waals surface area contributed by atoms with Gasteiger partial charge in [-0.15, -0.1) is 4.99 Å². The standard InChI is InChI=1S/C19H14ClF3N6O2S/c1-32(30,31)15-4-2-3-13(9-15)27-18(25-11-24)28-16-10-26-29(17(16)19(21,22)23)14-7-5-12(20)6-8-14/h2-10H,1H3,(H2,25,27,28). The highest BCUT2D eigenvalue weighted by atomic mass is 35.5. The summed E-state index contributed by atoms with van der Waals surface area (Å²) in [6.45, 7) is 0. The van der Waals surface area contributed by atoms with Gasteiger partial charge in [-0.2, -0.15) is 23.5 Å². The molecular formula is C19H14ClF3N6O2S. The predicted molar refractivity (Wildman–Crippen MR) is 113 cm³/mol. The highest BCUT2D eigenvalue weighted by Gasteiger charge is 2.39. The molecule has 0 radical (unpaired) electrons. The topological polar surface area (TPSA) is 112 Å². The summed E-state index contributed by atoms with van der Waals surface area (Å²) in [5, 5.41) is 18.1. The first-order valence-corrected chi connectivity index (χ1v) is 11.0. The van der Waals surface area contributed by atoms with E-state index in [1.807, 2.05) is 0 Å². The number of halogens is 4. The molecule has 0 spiro atoms. The maximum Gasteiger partial charge on any atom is 0.435 e. The maximum atomic E-state index is 13.8. The zero-order valence-corrected chi connectivity index (χ0v) is 17.8. The van der Waals surface area contributed by atoms with Crippen molar-refractivity contribution in [3.8, 4) is 11.9 Å². The van der Waals surface area contributed by atoms with Gasteiger partial charge in [0.25, 0.3) is 0 Å². The Morgan fingerprint density at radius 3 is 2.47 bits per heavy atom. The maximum absolute atomic E-state index is 13.8. The number of hydrogen-bond donors (Lipinski definition) is 2. The Morgan fingerprint density at radius 1 is 1.19 bits per heavy atom. The molecule has 8 nitrogen and oxygen atoms in total. The third-order valence-electron chi connectivity index (χ3n) is 4.05. The summed E-state index contributed by atoms with van der Waals surface area (Å²) in [5.41, 5.74) is -1.32. The Kier molecular flexibility index (Phi) is 6.42. The number of sulfone groups is 1. The number of hydrogen-bond acceptors (Lipinski definition) is 5. The van der Waals surface area contributed by atoms with Gasteiger partial charge < -0.3 is 10.6 Å². The van der Waals surface area contributed by atoms with Crippen LogP contribution in [0, 0.1) is 11.5 Å². The number of nitrogens with one attached hydrogen (secondary N) is 2. The lowest BCUT2D eigenvalue weighted by Crippen LogP contribution is -2.24. The van der Waals surface area contributed by atoms with Crippen molar-refractivity contribution in [2.75, 3.05) is 16.9 Å². The number of nitrogens with zero attached hydrogens (tertiary/aromatic N) is 4. The van der Waals surface area contributed by atoms with Crippen LogP contribution in [0.4, 0.5) is 24.5 Å². The Hall–Kier alpha value is -3.56. The van der Waals surface area contributed by atoms with Crippen LogP contribution in [0.1, 0.15) is 5.69 Å².